The van der Waals surface area contributed by atoms with Gasteiger partial charge in [0.15, 0.2) is 0 Å². The fraction of sp³-hybridized carbons (Fsp3) is 0.429. The Hall–Kier alpha value is -1.84. The van der Waals surface area contributed by atoms with E-state index in [0.717, 1.165) is 5.56 Å². The third-order valence-electron chi connectivity index (χ3n) is 3.45. The van der Waals surface area contributed by atoms with E-state index < -0.39 is 5.97 Å². The van der Waals surface area contributed by atoms with Gasteiger partial charge in [-0.3, -0.25) is 9.59 Å². The number of aliphatic carboxylic acids is 1. The summed E-state index contributed by atoms with van der Waals surface area (Å²) in [5, 5.41) is 8.77. The quantitative estimate of drug-likeness (QED) is 0.886. The molecule has 4 nitrogen and oxygen atoms in total. The van der Waals surface area contributed by atoms with Crippen molar-refractivity contribution in [1.82, 2.24) is 4.90 Å². The van der Waals surface area contributed by atoms with Gasteiger partial charge in [0, 0.05) is 13.0 Å². The molecule has 0 aliphatic carbocycles. The molecule has 1 heterocycles. The number of likely N-dealkylation sites (tertiary alicyclic amines) is 1. The molecule has 0 bridgehead atoms. The van der Waals surface area contributed by atoms with E-state index in [1.807, 2.05) is 37.3 Å². The Morgan fingerprint density at radius 1 is 1.44 bits per heavy atom. The average Bonchev–Trinajstić information content (AvgIpc) is 2.69. The smallest absolute Gasteiger partial charge is 0.303 e. The molecule has 4 heteroatoms. The van der Waals surface area contributed by atoms with E-state index in [4.69, 9.17) is 5.11 Å². The maximum absolute atomic E-state index is 11.9. The maximum Gasteiger partial charge on any atom is 0.303 e. The Labute approximate surface area is 106 Å². The van der Waals surface area contributed by atoms with Crippen LogP contribution in [0.5, 0.6) is 0 Å². The number of hydrogen-bond donors (Lipinski definition) is 1. The zero-order chi connectivity index (χ0) is 13.1. The van der Waals surface area contributed by atoms with Gasteiger partial charge in [-0.1, -0.05) is 30.3 Å². The van der Waals surface area contributed by atoms with E-state index in [1.54, 1.807) is 4.90 Å². The Balaban J connectivity index is 2.06. The molecule has 1 amide bonds. The second kappa shape index (κ2) is 5.21. The molecule has 0 aromatic heterocycles. The number of amides is 1. The molecule has 1 N–H and O–H groups in total. The Bertz CT molecular complexity index is 444. The first-order valence-corrected chi connectivity index (χ1v) is 6.14. The summed E-state index contributed by atoms with van der Waals surface area (Å²) in [4.78, 5) is 24.4. The van der Waals surface area contributed by atoms with Crippen molar-refractivity contribution in [2.45, 2.75) is 25.8 Å². The number of benzene rings is 1. The van der Waals surface area contributed by atoms with E-state index in [1.165, 1.54) is 0 Å². The largest absolute Gasteiger partial charge is 0.481 e. The lowest BCUT2D eigenvalue weighted by molar-refractivity contribution is -0.138. The molecular formula is C14H17NO3. The lowest BCUT2D eigenvalue weighted by Crippen LogP contribution is -2.28. The molecule has 0 spiro atoms. The van der Waals surface area contributed by atoms with Gasteiger partial charge in [0.2, 0.25) is 5.91 Å². The lowest BCUT2D eigenvalue weighted by Gasteiger charge is -2.25. The predicted octanol–water partition coefficient (Wildman–Crippen LogP) is 2.07. The van der Waals surface area contributed by atoms with Crippen LogP contribution in [-0.4, -0.2) is 28.4 Å². The molecule has 1 aliphatic rings. The number of hydrogen-bond acceptors (Lipinski definition) is 2. The van der Waals surface area contributed by atoms with E-state index in [0.29, 0.717) is 13.0 Å². The van der Waals surface area contributed by atoms with Crippen LogP contribution in [0.4, 0.5) is 0 Å². The van der Waals surface area contributed by atoms with Gasteiger partial charge in [-0.15, -0.1) is 0 Å². The van der Waals surface area contributed by atoms with Crippen molar-refractivity contribution in [2.75, 3.05) is 6.54 Å². The second-order valence-corrected chi connectivity index (χ2v) is 4.80. The molecule has 1 aliphatic heterocycles. The van der Waals surface area contributed by atoms with Crippen molar-refractivity contribution in [3.63, 3.8) is 0 Å². The van der Waals surface area contributed by atoms with Crippen LogP contribution < -0.4 is 0 Å². The molecule has 1 aromatic rings. The van der Waals surface area contributed by atoms with Crippen molar-refractivity contribution in [1.29, 1.82) is 0 Å². The molecule has 0 radical (unpaired) electrons. The minimum absolute atomic E-state index is 0.0116. The number of rotatable bonds is 4. The molecule has 1 saturated heterocycles. The summed E-state index contributed by atoms with van der Waals surface area (Å²) in [6, 6.07) is 9.82. The molecular weight excluding hydrogens is 230 g/mol. The number of carbonyl (C=O) groups is 2. The zero-order valence-corrected chi connectivity index (χ0v) is 10.4. The van der Waals surface area contributed by atoms with Crippen molar-refractivity contribution in [2.24, 2.45) is 5.92 Å². The highest BCUT2D eigenvalue weighted by molar-refractivity contribution is 5.80. The number of nitrogens with zero attached hydrogens (tertiary/aromatic N) is 1. The zero-order valence-electron chi connectivity index (χ0n) is 10.4. The Morgan fingerprint density at radius 2 is 2.11 bits per heavy atom. The highest BCUT2D eigenvalue weighted by Crippen LogP contribution is 2.29. The SMILES string of the molecule is CC(c1ccccc1)N1CC(CC(=O)O)CC1=O. The van der Waals surface area contributed by atoms with E-state index in [2.05, 4.69) is 0 Å². The normalized spacial score (nSPS) is 21.1. The first-order chi connectivity index (χ1) is 8.58. The summed E-state index contributed by atoms with van der Waals surface area (Å²) in [5.74, 6) is -0.833. The van der Waals surface area contributed by atoms with E-state index in [-0.39, 0.29) is 24.3 Å². The summed E-state index contributed by atoms with van der Waals surface area (Å²) in [5.41, 5.74) is 1.09. The lowest BCUT2D eigenvalue weighted by atomic mass is 10.0. The summed E-state index contributed by atoms with van der Waals surface area (Å²) in [6.07, 6.45) is 0.424. The van der Waals surface area contributed by atoms with Gasteiger partial charge >= 0.3 is 5.97 Å². The maximum atomic E-state index is 11.9. The molecule has 96 valence electrons. The van der Waals surface area contributed by atoms with Gasteiger partial charge in [0.05, 0.1) is 12.5 Å². The van der Waals surface area contributed by atoms with Gasteiger partial charge in [-0.2, -0.15) is 0 Å². The monoisotopic (exact) mass is 247 g/mol. The first-order valence-electron chi connectivity index (χ1n) is 6.14. The fourth-order valence-corrected chi connectivity index (χ4v) is 2.48. The fourth-order valence-electron chi connectivity index (χ4n) is 2.48. The Kier molecular flexibility index (Phi) is 3.65. The molecule has 2 rings (SSSR count). The van der Waals surface area contributed by atoms with Gasteiger partial charge in [-0.05, 0) is 18.4 Å². The van der Waals surface area contributed by atoms with Crippen LogP contribution in [0, 0.1) is 5.92 Å². The van der Waals surface area contributed by atoms with Crippen molar-refractivity contribution < 1.29 is 14.7 Å². The number of carboxylic acid groups (broad SMARTS) is 1. The standard InChI is InChI=1S/C14H17NO3/c1-10(12-5-3-2-4-6-12)15-9-11(7-13(15)16)8-14(17)18/h2-6,10-11H,7-9H2,1H3,(H,17,18). The van der Waals surface area contributed by atoms with E-state index in [9.17, 15) is 9.59 Å². The van der Waals surface area contributed by atoms with Crippen LogP contribution >= 0.6 is 0 Å². The summed E-state index contributed by atoms with van der Waals surface area (Å²) in [7, 11) is 0. The first kappa shape index (κ1) is 12.6. The second-order valence-electron chi connectivity index (χ2n) is 4.80. The average molecular weight is 247 g/mol. The van der Waals surface area contributed by atoms with Crippen LogP contribution in [0.1, 0.15) is 31.4 Å². The van der Waals surface area contributed by atoms with Crippen LogP contribution in [0.2, 0.25) is 0 Å². The van der Waals surface area contributed by atoms with Crippen LogP contribution in [0.15, 0.2) is 30.3 Å². The number of carbonyl (C=O) groups excluding carboxylic acids is 1. The van der Waals surface area contributed by atoms with Gasteiger partial charge in [-0.25, -0.2) is 0 Å². The molecule has 2 atom stereocenters. The van der Waals surface area contributed by atoms with Gasteiger partial charge in [0.1, 0.15) is 0 Å². The van der Waals surface area contributed by atoms with Crippen LogP contribution in [0.25, 0.3) is 0 Å². The summed E-state index contributed by atoms with van der Waals surface area (Å²) < 4.78 is 0. The van der Waals surface area contributed by atoms with Crippen LogP contribution in [-0.2, 0) is 9.59 Å². The molecule has 1 aromatic carbocycles. The highest BCUT2D eigenvalue weighted by Gasteiger charge is 2.33. The predicted molar refractivity (Wildman–Crippen MR) is 66.9 cm³/mol. The minimum atomic E-state index is -0.831. The third kappa shape index (κ3) is 2.70. The van der Waals surface area contributed by atoms with E-state index >= 15 is 0 Å². The van der Waals surface area contributed by atoms with Gasteiger partial charge in [0.25, 0.3) is 0 Å². The highest BCUT2D eigenvalue weighted by atomic mass is 16.4. The number of carboxylic acids is 1. The molecule has 1 fully saturated rings. The summed E-state index contributed by atoms with van der Waals surface area (Å²) >= 11 is 0. The Morgan fingerprint density at radius 3 is 2.72 bits per heavy atom. The topological polar surface area (TPSA) is 57.6 Å². The molecule has 18 heavy (non-hydrogen) atoms. The molecule has 2 unspecified atom stereocenters. The van der Waals surface area contributed by atoms with Crippen LogP contribution in [0.3, 0.4) is 0 Å². The van der Waals surface area contributed by atoms with Crippen molar-refractivity contribution >= 4 is 11.9 Å². The van der Waals surface area contributed by atoms with Crippen molar-refractivity contribution in [3.8, 4) is 0 Å². The minimum Gasteiger partial charge on any atom is -0.481 e. The summed E-state index contributed by atoms with van der Waals surface area (Å²) in [6.45, 7) is 2.53. The van der Waals surface area contributed by atoms with Crippen molar-refractivity contribution in [3.05, 3.63) is 35.9 Å². The third-order valence-corrected chi connectivity index (χ3v) is 3.45. The van der Waals surface area contributed by atoms with Gasteiger partial charge < -0.3 is 10.0 Å². The molecule has 0 saturated carbocycles.